The van der Waals surface area contributed by atoms with Crippen LogP contribution in [0.2, 0.25) is 0 Å². The number of nitrogens with zero attached hydrogens (tertiary/aromatic N) is 1. The first-order valence-electron chi connectivity index (χ1n) is 6.58. The largest absolute Gasteiger partial charge is 0.478 e. The van der Waals surface area contributed by atoms with Gasteiger partial charge in [-0.2, -0.15) is 0 Å². The van der Waals surface area contributed by atoms with Gasteiger partial charge in [-0.25, -0.2) is 9.78 Å². The van der Waals surface area contributed by atoms with Crippen molar-refractivity contribution >= 4 is 12.0 Å². The maximum atomic E-state index is 10.5. The van der Waals surface area contributed by atoms with E-state index in [9.17, 15) is 4.79 Å². The molecule has 2 aromatic rings. The second-order valence-corrected chi connectivity index (χ2v) is 4.91. The molecule has 0 aliphatic heterocycles. The van der Waals surface area contributed by atoms with Gasteiger partial charge in [0.1, 0.15) is 5.75 Å². The third-order valence-corrected chi connectivity index (χ3v) is 3.16. The summed E-state index contributed by atoms with van der Waals surface area (Å²) in [6, 6.07) is 7.57. The molecule has 1 heterocycles. The summed E-state index contributed by atoms with van der Waals surface area (Å²) in [5, 5.41) is 8.57. The minimum Gasteiger partial charge on any atom is -0.478 e. The van der Waals surface area contributed by atoms with Crippen molar-refractivity contribution in [3.05, 3.63) is 58.8 Å². The lowest BCUT2D eigenvalue weighted by Crippen LogP contribution is -1.93. The maximum absolute atomic E-state index is 10.5. The predicted molar refractivity (Wildman–Crippen MR) is 81.6 cm³/mol. The Hall–Kier alpha value is -2.62. The van der Waals surface area contributed by atoms with Gasteiger partial charge in [-0.05, 0) is 61.2 Å². The van der Waals surface area contributed by atoms with E-state index < -0.39 is 5.97 Å². The summed E-state index contributed by atoms with van der Waals surface area (Å²) in [6.07, 6.45) is 4.14. The molecule has 0 radical (unpaired) electrons. The second kappa shape index (κ2) is 6.22. The number of carbonyl (C=O) groups is 1. The molecule has 0 fully saturated rings. The Balaban J connectivity index is 2.19. The van der Waals surface area contributed by atoms with Crippen LogP contribution in [0.3, 0.4) is 0 Å². The number of aryl methyl sites for hydroxylation is 2. The molecule has 0 spiro atoms. The number of hydrogen-bond donors (Lipinski definition) is 1. The van der Waals surface area contributed by atoms with Crippen LogP contribution in [0.5, 0.6) is 11.6 Å². The van der Waals surface area contributed by atoms with Crippen molar-refractivity contribution in [3.8, 4) is 11.6 Å². The Bertz CT molecular complexity index is 688. The van der Waals surface area contributed by atoms with Gasteiger partial charge in [0, 0.05) is 18.3 Å². The van der Waals surface area contributed by atoms with Crippen molar-refractivity contribution in [3.63, 3.8) is 0 Å². The first-order chi connectivity index (χ1) is 9.95. The lowest BCUT2D eigenvalue weighted by atomic mass is 10.1. The van der Waals surface area contributed by atoms with E-state index in [1.54, 1.807) is 18.3 Å². The van der Waals surface area contributed by atoms with Crippen LogP contribution in [0, 0.1) is 20.8 Å². The lowest BCUT2D eigenvalue weighted by Gasteiger charge is -2.11. The highest BCUT2D eigenvalue weighted by molar-refractivity contribution is 5.85. The van der Waals surface area contributed by atoms with E-state index in [0.717, 1.165) is 23.0 Å². The molecule has 0 unspecified atom stereocenters. The van der Waals surface area contributed by atoms with E-state index in [0.29, 0.717) is 11.4 Å². The maximum Gasteiger partial charge on any atom is 0.328 e. The van der Waals surface area contributed by atoms with Gasteiger partial charge in [0.15, 0.2) is 0 Å². The van der Waals surface area contributed by atoms with Gasteiger partial charge in [0.05, 0.1) is 0 Å². The Kier molecular flexibility index (Phi) is 4.38. The Morgan fingerprint density at radius 3 is 2.62 bits per heavy atom. The van der Waals surface area contributed by atoms with Crippen molar-refractivity contribution in [2.75, 3.05) is 0 Å². The molecule has 0 aliphatic carbocycles. The fourth-order valence-electron chi connectivity index (χ4n) is 1.94. The summed E-state index contributed by atoms with van der Waals surface area (Å²) in [5.41, 5.74) is 4.10. The summed E-state index contributed by atoms with van der Waals surface area (Å²) in [7, 11) is 0. The third-order valence-electron chi connectivity index (χ3n) is 3.16. The molecule has 108 valence electrons. The molecule has 1 aromatic carbocycles. The van der Waals surface area contributed by atoms with E-state index >= 15 is 0 Å². The van der Waals surface area contributed by atoms with E-state index in [-0.39, 0.29) is 0 Å². The fraction of sp³-hybridized carbons (Fsp3) is 0.176. The van der Waals surface area contributed by atoms with Gasteiger partial charge in [-0.15, -0.1) is 0 Å². The number of rotatable bonds is 4. The van der Waals surface area contributed by atoms with Gasteiger partial charge >= 0.3 is 5.97 Å². The van der Waals surface area contributed by atoms with Gasteiger partial charge < -0.3 is 9.84 Å². The molecule has 21 heavy (non-hydrogen) atoms. The average molecular weight is 283 g/mol. The zero-order valence-corrected chi connectivity index (χ0v) is 12.3. The van der Waals surface area contributed by atoms with Gasteiger partial charge in [0.25, 0.3) is 0 Å². The molecule has 2 rings (SSSR count). The molecule has 4 nitrogen and oxygen atoms in total. The zero-order chi connectivity index (χ0) is 15.4. The van der Waals surface area contributed by atoms with Crippen molar-refractivity contribution in [1.29, 1.82) is 0 Å². The number of benzene rings is 1. The van der Waals surface area contributed by atoms with Gasteiger partial charge in [-0.1, -0.05) is 6.07 Å². The van der Waals surface area contributed by atoms with Crippen LogP contribution >= 0.6 is 0 Å². The van der Waals surface area contributed by atoms with Crippen LogP contribution in [0.1, 0.15) is 22.3 Å². The van der Waals surface area contributed by atoms with Crippen LogP contribution < -0.4 is 4.74 Å². The minimum atomic E-state index is -0.985. The zero-order valence-electron chi connectivity index (χ0n) is 12.3. The highest BCUT2D eigenvalue weighted by atomic mass is 16.5. The standard InChI is InChI=1S/C17H17NO3/c1-11-8-12(2)13(3)15(9-11)21-16-6-4-14(10-18-16)5-7-17(19)20/h4-10H,1-3H3,(H,19,20)/b7-5+. The number of aromatic nitrogens is 1. The molecule has 0 atom stereocenters. The van der Waals surface area contributed by atoms with Crippen LogP contribution in [0.25, 0.3) is 6.08 Å². The van der Waals surface area contributed by atoms with Crippen molar-refractivity contribution < 1.29 is 14.6 Å². The monoisotopic (exact) mass is 283 g/mol. The summed E-state index contributed by atoms with van der Waals surface area (Å²) in [6.45, 7) is 6.07. The SMILES string of the molecule is Cc1cc(C)c(C)c(Oc2ccc(/C=C/C(=O)O)cn2)c1. The normalized spacial score (nSPS) is 10.8. The summed E-state index contributed by atoms with van der Waals surface area (Å²) >= 11 is 0. The molecular weight excluding hydrogens is 266 g/mol. The topological polar surface area (TPSA) is 59.4 Å². The van der Waals surface area contributed by atoms with Crippen LogP contribution in [-0.2, 0) is 4.79 Å². The van der Waals surface area contributed by atoms with Crippen molar-refractivity contribution in [1.82, 2.24) is 4.98 Å². The number of carboxylic acids is 1. The molecule has 0 saturated carbocycles. The smallest absolute Gasteiger partial charge is 0.328 e. The number of ether oxygens (including phenoxy) is 1. The summed E-state index contributed by atoms with van der Waals surface area (Å²) in [4.78, 5) is 14.6. The Morgan fingerprint density at radius 1 is 1.24 bits per heavy atom. The van der Waals surface area contributed by atoms with Crippen molar-refractivity contribution in [2.24, 2.45) is 0 Å². The van der Waals surface area contributed by atoms with Gasteiger partial charge in [-0.3, -0.25) is 0 Å². The summed E-state index contributed by atoms with van der Waals surface area (Å²) in [5.74, 6) is 0.283. The first kappa shape index (κ1) is 14.8. The highest BCUT2D eigenvalue weighted by Crippen LogP contribution is 2.27. The van der Waals surface area contributed by atoms with Crippen molar-refractivity contribution in [2.45, 2.75) is 20.8 Å². The number of carboxylic acid groups (broad SMARTS) is 1. The number of pyridine rings is 1. The quantitative estimate of drug-likeness (QED) is 0.865. The molecule has 1 N–H and O–H groups in total. The fourth-order valence-corrected chi connectivity index (χ4v) is 1.94. The van der Waals surface area contributed by atoms with E-state index in [4.69, 9.17) is 9.84 Å². The molecule has 0 bridgehead atoms. The highest BCUT2D eigenvalue weighted by Gasteiger charge is 2.06. The number of hydrogen-bond acceptors (Lipinski definition) is 3. The lowest BCUT2D eigenvalue weighted by molar-refractivity contribution is -0.131. The molecular formula is C17H17NO3. The predicted octanol–water partition coefficient (Wildman–Crippen LogP) is 3.90. The number of aliphatic carboxylic acids is 1. The Labute approximate surface area is 123 Å². The van der Waals surface area contributed by atoms with E-state index in [1.165, 1.54) is 11.6 Å². The third kappa shape index (κ3) is 3.92. The van der Waals surface area contributed by atoms with E-state index in [1.807, 2.05) is 26.8 Å². The van der Waals surface area contributed by atoms with Crippen LogP contribution in [-0.4, -0.2) is 16.1 Å². The molecule has 0 saturated heterocycles. The second-order valence-electron chi connectivity index (χ2n) is 4.91. The molecule has 1 aromatic heterocycles. The van der Waals surface area contributed by atoms with Crippen LogP contribution in [0.4, 0.5) is 0 Å². The average Bonchev–Trinajstić information content (AvgIpc) is 2.43. The van der Waals surface area contributed by atoms with E-state index in [2.05, 4.69) is 11.1 Å². The molecule has 0 aliphatic rings. The van der Waals surface area contributed by atoms with Crippen LogP contribution in [0.15, 0.2) is 36.5 Å². The summed E-state index contributed by atoms with van der Waals surface area (Å²) < 4.78 is 5.80. The minimum absolute atomic E-state index is 0.482. The molecule has 0 amide bonds. The Morgan fingerprint density at radius 2 is 2.00 bits per heavy atom. The molecule has 4 heteroatoms. The van der Waals surface area contributed by atoms with Gasteiger partial charge in [0.2, 0.25) is 5.88 Å². The first-order valence-corrected chi connectivity index (χ1v) is 6.58.